The van der Waals surface area contributed by atoms with E-state index < -0.39 is 0 Å². The molecule has 0 unspecified atom stereocenters. The van der Waals surface area contributed by atoms with Gasteiger partial charge in [-0.05, 0) is 43.0 Å². The van der Waals surface area contributed by atoms with Gasteiger partial charge in [-0.3, -0.25) is 0 Å². The van der Waals surface area contributed by atoms with Crippen LogP contribution in [0.3, 0.4) is 0 Å². The number of ether oxygens (including phenoxy) is 1. The van der Waals surface area contributed by atoms with Gasteiger partial charge < -0.3 is 10.5 Å². The van der Waals surface area contributed by atoms with E-state index in [1.54, 1.807) is 7.11 Å². The lowest BCUT2D eigenvalue weighted by Crippen LogP contribution is -2.42. The molecule has 0 radical (unpaired) electrons. The Morgan fingerprint density at radius 2 is 2.12 bits per heavy atom. The summed E-state index contributed by atoms with van der Waals surface area (Å²) in [6.45, 7) is 2.81. The molecule has 1 aliphatic carbocycles. The van der Waals surface area contributed by atoms with Crippen molar-refractivity contribution < 1.29 is 4.74 Å². The van der Waals surface area contributed by atoms with Crippen LogP contribution in [-0.4, -0.2) is 13.7 Å². The first-order chi connectivity index (χ1) is 7.63. The minimum Gasteiger partial charge on any atom is -0.495 e. The van der Waals surface area contributed by atoms with Crippen molar-refractivity contribution in [1.82, 2.24) is 0 Å². The summed E-state index contributed by atoms with van der Waals surface area (Å²) >= 11 is 6.18. The summed E-state index contributed by atoms with van der Waals surface area (Å²) in [4.78, 5) is 0. The fraction of sp³-hybridized carbons (Fsp3) is 0.538. The zero-order valence-corrected chi connectivity index (χ0v) is 10.6. The molecule has 3 heteroatoms. The van der Waals surface area contributed by atoms with Crippen LogP contribution in [-0.2, 0) is 5.41 Å². The van der Waals surface area contributed by atoms with Crippen molar-refractivity contribution in [1.29, 1.82) is 0 Å². The first-order valence-corrected chi connectivity index (χ1v) is 6.05. The summed E-state index contributed by atoms with van der Waals surface area (Å²) in [6, 6.07) is 4.04. The normalized spacial score (nSPS) is 18.0. The van der Waals surface area contributed by atoms with E-state index >= 15 is 0 Å². The second kappa shape index (κ2) is 4.27. The molecule has 0 atom stereocenters. The molecule has 0 heterocycles. The molecule has 2 nitrogen and oxygen atoms in total. The van der Waals surface area contributed by atoms with E-state index in [9.17, 15) is 0 Å². The summed E-state index contributed by atoms with van der Waals surface area (Å²) in [6.07, 6.45) is 3.61. The van der Waals surface area contributed by atoms with Crippen molar-refractivity contribution in [2.24, 2.45) is 5.73 Å². The predicted molar refractivity (Wildman–Crippen MR) is 67.3 cm³/mol. The molecule has 1 fully saturated rings. The van der Waals surface area contributed by atoms with Crippen molar-refractivity contribution in [2.45, 2.75) is 31.6 Å². The zero-order valence-electron chi connectivity index (χ0n) is 9.85. The number of hydrogen-bond acceptors (Lipinski definition) is 2. The molecule has 16 heavy (non-hydrogen) atoms. The van der Waals surface area contributed by atoms with Crippen molar-refractivity contribution in [2.75, 3.05) is 13.7 Å². The van der Waals surface area contributed by atoms with Gasteiger partial charge in [0, 0.05) is 12.0 Å². The Kier molecular flexibility index (Phi) is 3.13. The molecular formula is C13H18ClNO. The number of benzene rings is 1. The molecule has 0 aromatic heterocycles. The standard InChI is InChI=1S/C13H18ClNO/c1-9-6-12(16-2)11(14)7-10(9)13(8-15)4-3-5-13/h6-7H,3-5,8,15H2,1-2H3. The van der Waals surface area contributed by atoms with Gasteiger partial charge in [0.25, 0.3) is 0 Å². The Balaban J connectivity index is 2.45. The molecule has 0 spiro atoms. The first-order valence-electron chi connectivity index (χ1n) is 5.67. The molecular weight excluding hydrogens is 222 g/mol. The molecule has 0 aliphatic heterocycles. The number of aryl methyl sites for hydroxylation is 1. The van der Waals surface area contributed by atoms with Crippen LogP contribution in [0.4, 0.5) is 0 Å². The van der Waals surface area contributed by atoms with Crippen LogP contribution >= 0.6 is 11.6 Å². The Labute approximate surface area is 102 Å². The lowest BCUT2D eigenvalue weighted by molar-refractivity contribution is 0.251. The Morgan fingerprint density at radius 1 is 1.44 bits per heavy atom. The molecule has 0 bridgehead atoms. The highest BCUT2D eigenvalue weighted by Crippen LogP contribution is 2.46. The highest BCUT2D eigenvalue weighted by molar-refractivity contribution is 6.32. The van der Waals surface area contributed by atoms with Crippen molar-refractivity contribution in [3.63, 3.8) is 0 Å². The van der Waals surface area contributed by atoms with Gasteiger partial charge in [-0.25, -0.2) is 0 Å². The number of nitrogens with two attached hydrogens (primary N) is 1. The number of methoxy groups -OCH3 is 1. The monoisotopic (exact) mass is 239 g/mol. The van der Waals surface area contributed by atoms with Crippen LogP contribution < -0.4 is 10.5 Å². The van der Waals surface area contributed by atoms with E-state index in [1.807, 2.05) is 12.1 Å². The smallest absolute Gasteiger partial charge is 0.137 e. The SMILES string of the molecule is COc1cc(C)c(C2(CN)CCC2)cc1Cl. The third kappa shape index (κ3) is 1.70. The average molecular weight is 240 g/mol. The van der Waals surface area contributed by atoms with Gasteiger partial charge >= 0.3 is 0 Å². The number of hydrogen-bond donors (Lipinski definition) is 1. The van der Waals surface area contributed by atoms with E-state index in [-0.39, 0.29) is 5.41 Å². The first kappa shape index (κ1) is 11.7. The van der Waals surface area contributed by atoms with E-state index in [1.165, 1.54) is 30.4 Å². The highest BCUT2D eigenvalue weighted by atomic mass is 35.5. The summed E-state index contributed by atoms with van der Waals surface area (Å²) in [5.74, 6) is 0.745. The Bertz CT molecular complexity index is 394. The van der Waals surface area contributed by atoms with Crippen LogP contribution in [0.15, 0.2) is 12.1 Å². The fourth-order valence-electron chi connectivity index (χ4n) is 2.57. The predicted octanol–water partition coefficient (Wildman–Crippen LogP) is 3.04. The molecule has 0 amide bonds. The zero-order chi connectivity index (χ0) is 11.8. The van der Waals surface area contributed by atoms with Crippen LogP contribution in [0.1, 0.15) is 30.4 Å². The third-order valence-corrected chi connectivity index (χ3v) is 4.07. The fourth-order valence-corrected chi connectivity index (χ4v) is 2.81. The summed E-state index contributed by atoms with van der Waals surface area (Å²) in [7, 11) is 1.64. The van der Waals surface area contributed by atoms with Crippen molar-refractivity contribution in [3.8, 4) is 5.75 Å². The van der Waals surface area contributed by atoms with Crippen LogP contribution in [0, 0.1) is 6.92 Å². The van der Waals surface area contributed by atoms with Gasteiger partial charge in [-0.1, -0.05) is 18.0 Å². The number of halogens is 1. The Morgan fingerprint density at radius 3 is 2.56 bits per heavy atom. The second-order valence-corrected chi connectivity index (χ2v) is 5.05. The van der Waals surface area contributed by atoms with Gasteiger partial charge in [-0.15, -0.1) is 0 Å². The molecule has 1 saturated carbocycles. The van der Waals surface area contributed by atoms with Crippen LogP contribution in [0.2, 0.25) is 5.02 Å². The van der Waals surface area contributed by atoms with Gasteiger partial charge in [0.05, 0.1) is 12.1 Å². The van der Waals surface area contributed by atoms with Crippen molar-refractivity contribution >= 4 is 11.6 Å². The largest absolute Gasteiger partial charge is 0.495 e. The maximum Gasteiger partial charge on any atom is 0.137 e. The Hall–Kier alpha value is -0.730. The second-order valence-electron chi connectivity index (χ2n) is 4.64. The van der Waals surface area contributed by atoms with E-state index in [0.717, 1.165) is 5.75 Å². The topological polar surface area (TPSA) is 35.2 Å². The van der Waals surface area contributed by atoms with Crippen LogP contribution in [0.25, 0.3) is 0 Å². The number of rotatable bonds is 3. The molecule has 1 aromatic carbocycles. The summed E-state index contributed by atoms with van der Waals surface area (Å²) < 4.78 is 5.22. The molecule has 2 rings (SSSR count). The summed E-state index contributed by atoms with van der Waals surface area (Å²) in [5, 5.41) is 0.683. The average Bonchev–Trinajstić information content (AvgIpc) is 2.22. The molecule has 2 N–H and O–H groups in total. The maximum atomic E-state index is 6.18. The minimum absolute atomic E-state index is 0.167. The quantitative estimate of drug-likeness (QED) is 0.880. The van der Waals surface area contributed by atoms with Gasteiger partial charge in [-0.2, -0.15) is 0 Å². The maximum absolute atomic E-state index is 6.18. The molecule has 88 valence electrons. The lowest BCUT2D eigenvalue weighted by atomic mass is 9.63. The summed E-state index contributed by atoms with van der Waals surface area (Å²) in [5.41, 5.74) is 8.61. The third-order valence-electron chi connectivity index (χ3n) is 3.77. The minimum atomic E-state index is 0.167. The van der Waals surface area contributed by atoms with Gasteiger partial charge in [0.2, 0.25) is 0 Å². The van der Waals surface area contributed by atoms with E-state index in [2.05, 4.69) is 6.92 Å². The van der Waals surface area contributed by atoms with E-state index in [0.29, 0.717) is 11.6 Å². The highest BCUT2D eigenvalue weighted by Gasteiger charge is 2.38. The molecule has 0 saturated heterocycles. The van der Waals surface area contributed by atoms with Gasteiger partial charge in [0.1, 0.15) is 5.75 Å². The molecule has 1 aromatic rings. The van der Waals surface area contributed by atoms with Crippen molar-refractivity contribution in [3.05, 3.63) is 28.3 Å². The van der Waals surface area contributed by atoms with Gasteiger partial charge in [0.15, 0.2) is 0 Å². The van der Waals surface area contributed by atoms with E-state index in [4.69, 9.17) is 22.1 Å². The molecule has 1 aliphatic rings. The van der Waals surface area contributed by atoms with Crippen LogP contribution in [0.5, 0.6) is 5.75 Å². The lowest BCUT2D eigenvalue weighted by Gasteiger charge is -2.42.